The van der Waals surface area contributed by atoms with Gasteiger partial charge in [0, 0.05) is 0 Å². The summed E-state index contributed by atoms with van der Waals surface area (Å²) in [4.78, 5) is 0. The Morgan fingerprint density at radius 3 is 2.58 bits per heavy atom. The van der Waals surface area contributed by atoms with E-state index in [9.17, 15) is 0 Å². The third kappa shape index (κ3) is 3.40. The molecule has 0 fully saturated rings. The zero-order chi connectivity index (χ0) is 8.81. The Morgan fingerprint density at radius 1 is 1.33 bits per heavy atom. The lowest BCUT2D eigenvalue weighted by molar-refractivity contribution is 0.345. The monoisotopic (exact) mass is 204 g/mol. The van der Waals surface area contributed by atoms with Gasteiger partial charge < -0.3 is 9.05 Å². The minimum atomic E-state index is -1.28. The quantitative estimate of drug-likeness (QED) is 0.698. The number of hydrogen-bond acceptors (Lipinski definition) is 2. The summed E-state index contributed by atoms with van der Waals surface area (Å²) >= 11 is 5.74. The van der Waals surface area contributed by atoms with Gasteiger partial charge in [0.05, 0.1) is 6.61 Å². The van der Waals surface area contributed by atoms with Crippen LogP contribution in [0.3, 0.4) is 0 Å². The summed E-state index contributed by atoms with van der Waals surface area (Å²) in [6.07, 6.45) is 0. The zero-order valence-electron chi connectivity index (χ0n) is 6.74. The SMILES string of the molecule is CCOP(Cl)Oc1ccccc1. The third-order valence-electron chi connectivity index (χ3n) is 1.15. The van der Waals surface area contributed by atoms with Crippen LogP contribution in [-0.4, -0.2) is 6.61 Å². The average Bonchev–Trinajstić information content (AvgIpc) is 2.06. The molecule has 1 aromatic carbocycles. The van der Waals surface area contributed by atoms with Gasteiger partial charge in [-0.15, -0.1) is 0 Å². The maximum atomic E-state index is 5.74. The molecule has 12 heavy (non-hydrogen) atoms. The molecule has 0 saturated heterocycles. The van der Waals surface area contributed by atoms with Crippen LogP contribution < -0.4 is 4.52 Å². The van der Waals surface area contributed by atoms with E-state index in [-0.39, 0.29) is 0 Å². The number of rotatable bonds is 4. The van der Waals surface area contributed by atoms with Crippen LogP contribution in [0.1, 0.15) is 6.92 Å². The van der Waals surface area contributed by atoms with Crippen LogP contribution in [0.2, 0.25) is 0 Å². The molecule has 2 nitrogen and oxygen atoms in total. The highest BCUT2D eigenvalue weighted by Gasteiger charge is 2.05. The van der Waals surface area contributed by atoms with Gasteiger partial charge >= 0.3 is 7.73 Å². The van der Waals surface area contributed by atoms with Crippen molar-refractivity contribution in [2.45, 2.75) is 6.92 Å². The molecule has 0 aromatic heterocycles. The average molecular weight is 205 g/mol. The van der Waals surface area contributed by atoms with Crippen molar-refractivity contribution in [2.75, 3.05) is 6.61 Å². The molecule has 0 saturated carbocycles. The van der Waals surface area contributed by atoms with Crippen LogP contribution >= 0.6 is 19.0 Å². The standard InChI is InChI=1S/C8H10ClO2P/c1-2-10-12(9)11-8-6-4-3-5-7-8/h3-7H,2H2,1H3. The largest absolute Gasteiger partial charge is 0.436 e. The summed E-state index contributed by atoms with van der Waals surface area (Å²) in [7, 11) is -1.28. The topological polar surface area (TPSA) is 18.5 Å². The predicted molar refractivity (Wildman–Crippen MR) is 51.5 cm³/mol. The fraction of sp³-hybridized carbons (Fsp3) is 0.250. The highest BCUT2D eigenvalue weighted by molar-refractivity contribution is 7.76. The number of hydrogen-bond donors (Lipinski definition) is 0. The van der Waals surface area contributed by atoms with E-state index in [1.165, 1.54) is 0 Å². The first-order chi connectivity index (χ1) is 5.83. The molecule has 1 aromatic rings. The first-order valence-corrected chi connectivity index (χ1v) is 5.73. The van der Waals surface area contributed by atoms with Gasteiger partial charge in [0.15, 0.2) is 0 Å². The normalized spacial score (nSPS) is 12.5. The summed E-state index contributed by atoms with van der Waals surface area (Å²) in [6.45, 7) is 2.45. The third-order valence-corrected chi connectivity index (χ3v) is 2.47. The molecule has 0 aliphatic rings. The molecule has 0 bridgehead atoms. The van der Waals surface area contributed by atoms with Gasteiger partial charge in [0.2, 0.25) is 0 Å². The van der Waals surface area contributed by atoms with E-state index in [4.69, 9.17) is 20.3 Å². The second kappa shape index (κ2) is 5.36. The van der Waals surface area contributed by atoms with Crippen molar-refractivity contribution in [1.29, 1.82) is 0 Å². The summed E-state index contributed by atoms with van der Waals surface area (Å²) < 4.78 is 10.3. The molecule has 0 amide bonds. The molecule has 1 unspecified atom stereocenters. The Morgan fingerprint density at radius 2 is 2.00 bits per heavy atom. The first-order valence-electron chi connectivity index (χ1n) is 3.64. The lowest BCUT2D eigenvalue weighted by atomic mass is 10.3. The smallest absolute Gasteiger partial charge is 0.338 e. The van der Waals surface area contributed by atoms with Gasteiger partial charge in [0.25, 0.3) is 0 Å². The van der Waals surface area contributed by atoms with Crippen molar-refractivity contribution >= 4 is 19.0 Å². The van der Waals surface area contributed by atoms with Gasteiger partial charge in [0.1, 0.15) is 5.75 Å². The summed E-state index contributed by atoms with van der Waals surface area (Å²) in [6, 6.07) is 9.39. The van der Waals surface area contributed by atoms with Crippen LogP contribution in [0.5, 0.6) is 5.75 Å². The van der Waals surface area contributed by atoms with E-state index in [0.29, 0.717) is 6.61 Å². The van der Waals surface area contributed by atoms with Crippen molar-refractivity contribution < 1.29 is 9.05 Å². The Kier molecular flexibility index (Phi) is 4.37. The number of benzene rings is 1. The van der Waals surface area contributed by atoms with Crippen LogP contribution in [-0.2, 0) is 4.52 Å². The van der Waals surface area contributed by atoms with Gasteiger partial charge in [-0.2, -0.15) is 0 Å². The maximum Gasteiger partial charge on any atom is 0.338 e. The molecular formula is C8H10ClO2P. The Balaban J connectivity index is 2.41. The van der Waals surface area contributed by atoms with Crippen molar-refractivity contribution in [2.24, 2.45) is 0 Å². The van der Waals surface area contributed by atoms with Crippen molar-refractivity contribution in [1.82, 2.24) is 0 Å². The van der Waals surface area contributed by atoms with E-state index in [1.54, 1.807) is 0 Å². The molecule has 66 valence electrons. The predicted octanol–water partition coefficient (Wildman–Crippen LogP) is 3.57. The van der Waals surface area contributed by atoms with Crippen LogP contribution in [0.15, 0.2) is 30.3 Å². The second-order valence-electron chi connectivity index (χ2n) is 2.03. The van der Waals surface area contributed by atoms with Crippen LogP contribution in [0.4, 0.5) is 0 Å². The van der Waals surface area contributed by atoms with Crippen LogP contribution in [0.25, 0.3) is 0 Å². The van der Waals surface area contributed by atoms with E-state index in [2.05, 4.69) is 0 Å². The molecule has 1 atom stereocenters. The fourth-order valence-corrected chi connectivity index (χ4v) is 1.77. The summed E-state index contributed by atoms with van der Waals surface area (Å²) in [5.41, 5.74) is 0. The molecule has 1 rings (SSSR count). The highest BCUT2D eigenvalue weighted by atomic mass is 35.7. The van der Waals surface area contributed by atoms with Crippen molar-refractivity contribution in [3.05, 3.63) is 30.3 Å². The zero-order valence-corrected chi connectivity index (χ0v) is 8.39. The Hall–Kier alpha value is -0.300. The number of para-hydroxylation sites is 1. The Labute approximate surface area is 78.2 Å². The van der Waals surface area contributed by atoms with E-state index in [1.807, 2.05) is 37.3 Å². The lowest BCUT2D eigenvalue weighted by Gasteiger charge is -2.09. The van der Waals surface area contributed by atoms with Crippen molar-refractivity contribution in [3.8, 4) is 5.75 Å². The van der Waals surface area contributed by atoms with Crippen LogP contribution in [0, 0.1) is 0 Å². The maximum absolute atomic E-state index is 5.74. The molecule has 0 aliphatic heterocycles. The molecule has 0 spiro atoms. The van der Waals surface area contributed by atoms with Crippen molar-refractivity contribution in [3.63, 3.8) is 0 Å². The molecule has 0 aliphatic carbocycles. The van der Waals surface area contributed by atoms with Gasteiger partial charge in [-0.05, 0) is 30.3 Å². The van der Waals surface area contributed by atoms with Gasteiger partial charge in [-0.3, -0.25) is 0 Å². The van der Waals surface area contributed by atoms with E-state index < -0.39 is 7.73 Å². The highest BCUT2D eigenvalue weighted by Crippen LogP contribution is 2.43. The molecule has 0 radical (unpaired) electrons. The minimum Gasteiger partial charge on any atom is -0.436 e. The number of halogens is 1. The summed E-state index contributed by atoms with van der Waals surface area (Å²) in [5, 5.41) is 0. The van der Waals surface area contributed by atoms with E-state index >= 15 is 0 Å². The minimum absolute atomic E-state index is 0.571. The Bertz CT molecular complexity index is 218. The van der Waals surface area contributed by atoms with Gasteiger partial charge in [-0.1, -0.05) is 18.2 Å². The second-order valence-corrected chi connectivity index (χ2v) is 3.73. The molecule has 0 N–H and O–H groups in total. The fourth-order valence-electron chi connectivity index (χ4n) is 0.692. The molecule has 0 heterocycles. The van der Waals surface area contributed by atoms with Gasteiger partial charge in [-0.25, -0.2) is 0 Å². The molecule has 4 heteroatoms. The first kappa shape index (κ1) is 9.79. The lowest BCUT2D eigenvalue weighted by Crippen LogP contribution is -1.86. The van der Waals surface area contributed by atoms with E-state index in [0.717, 1.165) is 5.75 Å². The molecular weight excluding hydrogens is 195 g/mol. The summed E-state index contributed by atoms with van der Waals surface area (Å²) in [5.74, 6) is 0.743.